The zero-order valence-corrected chi connectivity index (χ0v) is 25.5. The Morgan fingerprint density at radius 2 is 1.28 bits per heavy atom. The van der Waals surface area contributed by atoms with Crippen molar-refractivity contribution in [1.82, 2.24) is 0 Å². The van der Waals surface area contributed by atoms with Crippen molar-refractivity contribution in [2.75, 3.05) is 6.16 Å². The zero-order valence-electron chi connectivity index (χ0n) is 23.0. The van der Waals surface area contributed by atoms with E-state index in [1.807, 2.05) is 6.07 Å². The van der Waals surface area contributed by atoms with Crippen LogP contribution in [-0.4, -0.2) is 23.2 Å². The maximum absolute atomic E-state index is 12.0. The Balaban J connectivity index is 0.00000420. The summed E-state index contributed by atoms with van der Waals surface area (Å²) in [5.41, 5.74) is 1.09. The number of ketones is 1. The molecule has 1 atom stereocenters. The van der Waals surface area contributed by atoms with E-state index in [0.717, 1.165) is 31.0 Å². The van der Waals surface area contributed by atoms with Gasteiger partial charge >= 0.3 is 0 Å². The number of Topliss-reactive ketones (excluding diaryl/α,β-unsaturated/α-hetero) is 1. The number of phenols is 1. The number of hydrogen-bond donors (Lipinski definition) is 1. The van der Waals surface area contributed by atoms with Crippen LogP contribution < -0.4 is 37.6 Å². The number of halogens is 1. The number of aromatic hydroxyl groups is 1. The molecule has 204 valence electrons. The molecular weight excluding hydrogens is 567 g/mol. The largest absolute Gasteiger partial charge is 1.00 e. The smallest absolute Gasteiger partial charge is 0.163 e. The molecule has 39 heavy (non-hydrogen) atoms. The van der Waals surface area contributed by atoms with Gasteiger partial charge in [-0.15, -0.1) is 0 Å². The van der Waals surface area contributed by atoms with E-state index >= 15 is 0 Å². The Labute approximate surface area is 244 Å². The minimum atomic E-state index is -1.95. The minimum absolute atomic E-state index is 0. The molecule has 0 bridgehead atoms. The standard InChI is InChI=1S/C34H37O3P.BrH/c1-4-15-32-33(23-22-31(26(3)35)34(32)36)37-27(5-2)24-25-38(28-16-9-6-10-17-28,29-18-11-7-12-19-29)30-20-13-8-14-21-30;/h6-14,16-23,27H,4-5,15,24-25H2,1-3H3;1H. The third-order valence-electron chi connectivity index (χ3n) is 7.25. The van der Waals surface area contributed by atoms with E-state index in [2.05, 4.69) is 105 Å². The highest BCUT2D eigenvalue weighted by molar-refractivity contribution is 7.95. The molecule has 0 aliphatic rings. The SMILES string of the molecule is CCCc1c(OC(CC)CC[P+](c2ccccc2)(c2ccccc2)c2ccccc2)ccc(C(C)=O)c1O.[Br-]. The maximum atomic E-state index is 12.0. The third-order valence-corrected chi connectivity index (χ3v) is 11.7. The molecule has 3 nitrogen and oxygen atoms in total. The van der Waals surface area contributed by atoms with Gasteiger partial charge in [-0.25, -0.2) is 0 Å². The summed E-state index contributed by atoms with van der Waals surface area (Å²) in [6.45, 7) is 5.71. The van der Waals surface area contributed by atoms with Crippen LogP contribution in [0.1, 0.15) is 56.0 Å². The molecule has 0 spiro atoms. The lowest BCUT2D eigenvalue weighted by Gasteiger charge is -2.29. The van der Waals surface area contributed by atoms with Crippen molar-refractivity contribution >= 4 is 29.0 Å². The third kappa shape index (κ3) is 6.80. The number of hydrogen-bond acceptors (Lipinski definition) is 3. The van der Waals surface area contributed by atoms with Crippen molar-refractivity contribution in [3.05, 3.63) is 114 Å². The highest BCUT2D eigenvalue weighted by Gasteiger charge is 2.45. The highest BCUT2D eigenvalue weighted by Crippen LogP contribution is 2.56. The van der Waals surface area contributed by atoms with Gasteiger partial charge in [0.15, 0.2) is 5.78 Å². The summed E-state index contributed by atoms with van der Waals surface area (Å²) in [7, 11) is -1.95. The quantitative estimate of drug-likeness (QED) is 0.196. The molecule has 0 saturated heterocycles. The lowest BCUT2D eigenvalue weighted by Crippen LogP contribution is -3.00. The van der Waals surface area contributed by atoms with Crippen LogP contribution in [0.15, 0.2) is 103 Å². The minimum Gasteiger partial charge on any atom is -1.00 e. The van der Waals surface area contributed by atoms with Crippen molar-refractivity contribution in [3.8, 4) is 11.5 Å². The molecule has 0 heterocycles. The molecule has 0 amide bonds. The van der Waals surface area contributed by atoms with Gasteiger partial charge in [0.25, 0.3) is 0 Å². The Morgan fingerprint density at radius 1 is 0.795 bits per heavy atom. The molecule has 4 rings (SSSR count). The highest BCUT2D eigenvalue weighted by atomic mass is 79.9. The molecule has 4 aromatic rings. The fraction of sp³-hybridized carbons (Fsp3) is 0.265. The van der Waals surface area contributed by atoms with Crippen molar-refractivity contribution in [2.24, 2.45) is 0 Å². The number of carbonyl (C=O) groups is 1. The molecule has 1 N–H and O–H groups in total. The van der Waals surface area contributed by atoms with Gasteiger partial charge in [0.05, 0.1) is 11.7 Å². The van der Waals surface area contributed by atoms with E-state index in [1.165, 1.54) is 22.8 Å². The fourth-order valence-corrected chi connectivity index (χ4v) is 9.64. The number of ether oxygens (including phenoxy) is 1. The Kier molecular flexibility index (Phi) is 11.3. The summed E-state index contributed by atoms with van der Waals surface area (Å²) in [6.07, 6.45) is 4.16. The predicted octanol–water partition coefficient (Wildman–Crippen LogP) is 4.09. The van der Waals surface area contributed by atoms with Gasteiger partial charge in [0.1, 0.15) is 40.8 Å². The fourth-order valence-electron chi connectivity index (χ4n) is 5.25. The van der Waals surface area contributed by atoms with Gasteiger partial charge in [-0.05, 0) is 68.3 Å². The average molecular weight is 606 g/mol. The second kappa shape index (κ2) is 14.4. The van der Waals surface area contributed by atoms with E-state index < -0.39 is 7.26 Å². The van der Waals surface area contributed by atoms with Crippen LogP contribution in [0.3, 0.4) is 0 Å². The first-order valence-electron chi connectivity index (χ1n) is 13.6. The lowest BCUT2D eigenvalue weighted by atomic mass is 10.0. The summed E-state index contributed by atoms with van der Waals surface area (Å²) in [4.78, 5) is 12.0. The molecule has 0 aromatic heterocycles. The van der Waals surface area contributed by atoms with Crippen LogP contribution in [0.5, 0.6) is 11.5 Å². The molecule has 0 aliphatic carbocycles. The number of carbonyl (C=O) groups excluding carboxylic acids is 1. The van der Waals surface area contributed by atoms with Gasteiger partial charge in [-0.3, -0.25) is 4.79 Å². The van der Waals surface area contributed by atoms with Gasteiger partial charge in [-0.1, -0.05) is 74.9 Å². The number of phenolic OH excluding ortho intramolecular Hbond substituents is 1. The van der Waals surface area contributed by atoms with E-state index in [1.54, 1.807) is 6.07 Å². The van der Waals surface area contributed by atoms with Crippen LogP contribution in [-0.2, 0) is 6.42 Å². The second-order valence-corrected chi connectivity index (χ2v) is 13.3. The van der Waals surface area contributed by atoms with Crippen molar-refractivity contribution in [1.29, 1.82) is 0 Å². The molecule has 0 aliphatic heterocycles. The molecule has 0 radical (unpaired) electrons. The van der Waals surface area contributed by atoms with Gasteiger partial charge in [0, 0.05) is 12.0 Å². The summed E-state index contributed by atoms with van der Waals surface area (Å²) in [5, 5.41) is 15.0. The molecule has 5 heteroatoms. The molecule has 4 aromatic carbocycles. The van der Waals surface area contributed by atoms with Gasteiger partial charge in [0.2, 0.25) is 0 Å². The van der Waals surface area contributed by atoms with Gasteiger partial charge < -0.3 is 26.8 Å². The van der Waals surface area contributed by atoms with E-state index in [-0.39, 0.29) is 34.6 Å². The summed E-state index contributed by atoms with van der Waals surface area (Å²) < 4.78 is 6.61. The predicted molar refractivity (Wildman–Crippen MR) is 161 cm³/mol. The zero-order chi connectivity index (χ0) is 27.0. The van der Waals surface area contributed by atoms with Crippen LogP contribution in [0, 0.1) is 0 Å². The monoisotopic (exact) mass is 604 g/mol. The molecular formula is C34H38BrO3P. The van der Waals surface area contributed by atoms with Crippen molar-refractivity contribution in [3.63, 3.8) is 0 Å². The normalized spacial score (nSPS) is 11.9. The van der Waals surface area contributed by atoms with E-state index in [4.69, 9.17) is 4.74 Å². The molecule has 0 fully saturated rings. The summed E-state index contributed by atoms with van der Waals surface area (Å²) in [5.74, 6) is 0.609. The van der Waals surface area contributed by atoms with Crippen molar-refractivity contribution in [2.45, 2.75) is 52.6 Å². The number of rotatable bonds is 12. The summed E-state index contributed by atoms with van der Waals surface area (Å²) in [6, 6.07) is 36.3. The maximum Gasteiger partial charge on any atom is 0.163 e. The number of benzene rings is 4. The first-order valence-corrected chi connectivity index (χ1v) is 15.6. The van der Waals surface area contributed by atoms with E-state index in [9.17, 15) is 9.90 Å². The van der Waals surface area contributed by atoms with Crippen molar-refractivity contribution < 1.29 is 31.6 Å². The Bertz CT molecular complexity index is 1230. The van der Waals surface area contributed by atoms with E-state index in [0.29, 0.717) is 17.7 Å². The first-order chi connectivity index (χ1) is 18.5. The first kappa shape index (κ1) is 30.6. The second-order valence-electron chi connectivity index (χ2n) is 9.72. The van der Waals surface area contributed by atoms with Crippen LogP contribution in [0.25, 0.3) is 0 Å². The van der Waals surface area contributed by atoms with Crippen LogP contribution in [0.4, 0.5) is 0 Å². The average Bonchev–Trinajstić information content (AvgIpc) is 2.96. The topological polar surface area (TPSA) is 46.5 Å². The molecule has 1 unspecified atom stereocenters. The molecule has 0 saturated carbocycles. The lowest BCUT2D eigenvalue weighted by molar-refractivity contribution is -0.0000179. The Hall–Kier alpha value is -2.94. The van der Waals surface area contributed by atoms with Crippen LogP contribution >= 0.6 is 7.26 Å². The van der Waals surface area contributed by atoms with Gasteiger partial charge in [-0.2, -0.15) is 0 Å². The van der Waals surface area contributed by atoms with Crippen LogP contribution in [0.2, 0.25) is 0 Å². The summed E-state index contributed by atoms with van der Waals surface area (Å²) >= 11 is 0. The Morgan fingerprint density at radius 3 is 1.69 bits per heavy atom.